The number of hydrogen-bond acceptors (Lipinski definition) is 6. The average Bonchev–Trinajstić information content (AvgIpc) is 3.18. The SMILES string of the molecule is COc1cc2c(cc1OC)-c1c3c(c(OC)c4c1C(C2)N(C)CC4)OCO3. The fraction of sp³-hybridized carbons (Fsp3) is 0.429. The first-order valence-electron chi connectivity index (χ1n) is 9.15. The summed E-state index contributed by atoms with van der Waals surface area (Å²) in [6.07, 6.45) is 1.84. The third-order valence-electron chi connectivity index (χ3n) is 5.99. The van der Waals surface area contributed by atoms with E-state index < -0.39 is 0 Å². The van der Waals surface area contributed by atoms with Crippen molar-refractivity contribution < 1.29 is 23.7 Å². The summed E-state index contributed by atoms with van der Waals surface area (Å²) in [5.74, 6) is 3.79. The van der Waals surface area contributed by atoms with Gasteiger partial charge in [0.1, 0.15) is 0 Å². The summed E-state index contributed by atoms with van der Waals surface area (Å²) >= 11 is 0. The lowest BCUT2D eigenvalue weighted by molar-refractivity contribution is 0.171. The molecule has 6 heteroatoms. The minimum absolute atomic E-state index is 0.213. The summed E-state index contributed by atoms with van der Waals surface area (Å²) in [5.41, 5.74) is 5.99. The third kappa shape index (κ3) is 2.16. The highest BCUT2D eigenvalue weighted by Crippen LogP contribution is 2.59. The highest BCUT2D eigenvalue weighted by Gasteiger charge is 2.41. The van der Waals surface area contributed by atoms with E-state index in [1.807, 2.05) is 0 Å². The van der Waals surface area contributed by atoms with Crippen LogP contribution in [-0.2, 0) is 12.8 Å². The number of benzene rings is 2. The van der Waals surface area contributed by atoms with Gasteiger partial charge in [0.25, 0.3) is 0 Å². The zero-order valence-electron chi connectivity index (χ0n) is 16.0. The number of fused-ring (bicyclic) bond motifs is 4. The monoisotopic (exact) mass is 369 g/mol. The Morgan fingerprint density at radius 2 is 1.74 bits per heavy atom. The van der Waals surface area contributed by atoms with Crippen molar-refractivity contribution in [3.8, 4) is 39.9 Å². The first kappa shape index (κ1) is 16.6. The minimum atomic E-state index is 0.213. The topological polar surface area (TPSA) is 49.4 Å². The Kier molecular flexibility index (Phi) is 3.65. The van der Waals surface area contributed by atoms with Gasteiger partial charge in [-0.15, -0.1) is 0 Å². The fourth-order valence-electron chi connectivity index (χ4n) is 4.72. The normalized spacial score (nSPS) is 19.3. The molecule has 2 aromatic rings. The molecule has 6 nitrogen and oxygen atoms in total. The number of likely N-dealkylation sites (N-methyl/N-ethyl adjacent to an activating group) is 1. The molecule has 5 rings (SSSR count). The van der Waals surface area contributed by atoms with Crippen LogP contribution in [0.4, 0.5) is 0 Å². The van der Waals surface area contributed by atoms with Crippen molar-refractivity contribution >= 4 is 0 Å². The van der Waals surface area contributed by atoms with Crippen LogP contribution in [-0.4, -0.2) is 46.6 Å². The van der Waals surface area contributed by atoms with Crippen molar-refractivity contribution in [2.24, 2.45) is 0 Å². The smallest absolute Gasteiger partial charge is 0.231 e. The van der Waals surface area contributed by atoms with Crippen LogP contribution in [0.5, 0.6) is 28.7 Å². The van der Waals surface area contributed by atoms with Crippen LogP contribution < -0.4 is 23.7 Å². The van der Waals surface area contributed by atoms with Crippen LogP contribution in [0, 0.1) is 0 Å². The van der Waals surface area contributed by atoms with E-state index in [4.69, 9.17) is 23.7 Å². The second-order valence-corrected chi connectivity index (χ2v) is 7.18. The van der Waals surface area contributed by atoms with E-state index in [1.54, 1.807) is 21.3 Å². The Balaban J connectivity index is 1.86. The van der Waals surface area contributed by atoms with Gasteiger partial charge in [-0.05, 0) is 48.7 Å². The molecule has 0 spiro atoms. The molecule has 3 aliphatic rings. The van der Waals surface area contributed by atoms with Crippen LogP contribution >= 0.6 is 0 Å². The van der Waals surface area contributed by atoms with Crippen LogP contribution in [0.2, 0.25) is 0 Å². The van der Waals surface area contributed by atoms with E-state index in [-0.39, 0.29) is 12.8 Å². The Morgan fingerprint density at radius 3 is 2.48 bits per heavy atom. The van der Waals surface area contributed by atoms with Gasteiger partial charge < -0.3 is 23.7 Å². The largest absolute Gasteiger partial charge is 0.493 e. The first-order valence-corrected chi connectivity index (χ1v) is 9.15. The Hall–Kier alpha value is -2.60. The van der Waals surface area contributed by atoms with Gasteiger partial charge >= 0.3 is 0 Å². The lowest BCUT2D eigenvalue weighted by atomic mass is 9.76. The van der Waals surface area contributed by atoms with Gasteiger partial charge in [-0.1, -0.05) is 0 Å². The van der Waals surface area contributed by atoms with Crippen molar-refractivity contribution in [3.05, 3.63) is 28.8 Å². The zero-order chi connectivity index (χ0) is 18.7. The molecule has 2 aliphatic heterocycles. The quantitative estimate of drug-likeness (QED) is 0.828. The maximum atomic E-state index is 5.94. The predicted molar refractivity (Wildman–Crippen MR) is 100 cm³/mol. The first-order chi connectivity index (χ1) is 13.2. The Labute approximate surface area is 158 Å². The molecule has 142 valence electrons. The van der Waals surface area contributed by atoms with Gasteiger partial charge in [0.2, 0.25) is 12.5 Å². The molecule has 0 fully saturated rings. The number of rotatable bonds is 3. The molecule has 0 aromatic heterocycles. The van der Waals surface area contributed by atoms with Crippen LogP contribution in [0.15, 0.2) is 12.1 Å². The molecule has 2 heterocycles. The molecule has 0 radical (unpaired) electrons. The van der Waals surface area contributed by atoms with E-state index in [0.717, 1.165) is 59.3 Å². The molecule has 1 unspecified atom stereocenters. The van der Waals surface area contributed by atoms with E-state index >= 15 is 0 Å². The molecule has 2 aromatic carbocycles. The van der Waals surface area contributed by atoms with Gasteiger partial charge in [-0.25, -0.2) is 0 Å². The number of methoxy groups -OCH3 is 3. The number of hydrogen-bond donors (Lipinski definition) is 0. The molecular weight excluding hydrogens is 346 g/mol. The van der Waals surface area contributed by atoms with E-state index in [1.165, 1.54) is 16.7 Å². The van der Waals surface area contributed by atoms with Crippen molar-refractivity contribution in [1.82, 2.24) is 4.90 Å². The van der Waals surface area contributed by atoms with Gasteiger partial charge in [0, 0.05) is 23.7 Å². The summed E-state index contributed by atoms with van der Waals surface area (Å²) in [6.45, 7) is 1.19. The average molecular weight is 369 g/mol. The van der Waals surface area contributed by atoms with Gasteiger partial charge in [0.15, 0.2) is 23.0 Å². The minimum Gasteiger partial charge on any atom is -0.493 e. The zero-order valence-corrected chi connectivity index (χ0v) is 16.0. The van der Waals surface area contributed by atoms with E-state index in [2.05, 4.69) is 24.1 Å². The predicted octanol–water partition coefficient (Wildman–Crippen LogP) is 3.19. The maximum Gasteiger partial charge on any atom is 0.231 e. The molecule has 0 amide bonds. The molecule has 1 aliphatic carbocycles. The van der Waals surface area contributed by atoms with Crippen molar-refractivity contribution in [3.63, 3.8) is 0 Å². The van der Waals surface area contributed by atoms with Crippen molar-refractivity contribution in [2.75, 3.05) is 41.7 Å². The molecule has 0 saturated heterocycles. The van der Waals surface area contributed by atoms with E-state index in [9.17, 15) is 0 Å². The van der Waals surface area contributed by atoms with Crippen molar-refractivity contribution in [2.45, 2.75) is 18.9 Å². The highest BCUT2D eigenvalue weighted by molar-refractivity contribution is 5.87. The molecule has 0 N–H and O–H groups in total. The van der Waals surface area contributed by atoms with Crippen LogP contribution in [0.3, 0.4) is 0 Å². The van der Waals surface area contributed by atoms with Gasteiger partial charge in [-0.2, -0.15) is 0 Å². The van der Waals surface area contributed by atoms with E-state index in [0.29, 0.717) is 0 Å². The maximum absolute atomic E-state index is 5.94. The second-order valence-electron chi connectivity index (χ2n) is 7.18. The van der Waals surface area contributed by atoms with Gasteiger partial charge in [0.05, 0.1) is 21.3 Å². The Bertz CT molecular complexity index is 939. The summed E-state index contributed by atoms with van der Waals surface area (Å²) in [7, 11) is 7.22. The molecule has 0 bridgehead atoms. The number of ether oxygens (including phenoxy) is 5. The summed E-state index contributed by atoms with van der Waals surface area (Å²) in [5, 5.41) is 0. The summed E-state index contributed by atoms with van der Waals surface area (Å²) < 4.78 is 28.6. The van der Waals surface area contributed by atoms with Crippen molar-refractivity contribution in [1.29, 1.82) is 0 Å². The lowest BCUT2D eigenvalue weighted by Crippen LogP contribution is -2.35. The highest BCUT2D eigenvalue weighted by atomic mass is 16.7. The van der Waals surface area contributed by atoms with Gasteiger partial charge in [-0.3, -0.25) is 4.90 Å². The van der Waals surface area contributed by atoms with Crippen LogP contribution in [0.1, 0.15) is 22.7 Å². The molecule has 0 saturated carbocycles. The molecule has 27 heavy (non-hydrogen) atoms. The lowest BCUT2D eigenvalue weighted by Gasteiger charge is -2.40. The number of nitrogens with zero attached hydrogens (tertiary/aromatic N) is 1. The summed E-state index contributed by atoms with van der Waals surface area (Å²) in [6, 6.07) is 4.42. The standard InChI is InChI=1S/C21H23NO5/c1-22-6-5-12-17-14(22)7-11-8-15(23-2)16(24-3)9-13(11)18(17)20-21(19(12)25-4)27-10-26-20/h8-9,14H,5-7,10H2,1-4H3. The molecular formula is C21H23NO5. The summed E-state index contributed by atoms with van der Waals surface area (Å²) in [4.78, 5) is 2.41. The molecule has 1 atom stereocenters. The second kappa shape index (κ2) is 5.96. The van der Waals surface area contributed by atoms with Crippen LogP contribution in [0.25, 0.3) is 11.1 Å². The Morgan fingerprint density at radius 1 is 1.00 bits per heavy atom. The third-order valence-corrected chi connectivity index (χ3v) is 5.99. The fourth-order valence-corrected chi connectivity index (χ4v) is 4.72.